The van der Waals surface area contributed by atoms with E-state index >= 15 is 0 Å². The molecule has 202 valence electrons. The Labute approximate surface area is 213 Å². The van der Waals surface area contributed by atoms with Gasteiger partial charge in [0.15, 0.2) is 17.2 Å². The number of benzene rings is 2. The lowest BCUT2D eigenvalue weighted by atomic mass is 9.75. The van der Waals surface area contributed by atoms with Crippen molar-refractivity contribution in [3.05, 3.63) is 77.8 Å². The van der Waals surface area contributed by atoms with Crippen molar-refractivity contribution in [3.8, 4) is 11.4 Å². The summed E-state index contributed by atoms with van der Waals surface area (Å²) in [5.41, 5.74) is 1.13. The molecule has 0 saturated carbocycles. The van der Waals surface area contributed by atoms with E-state index in [-0.39, 0.29) is 34.2 Å². The summed E-state index contributed by atoms with van der Waals surface area (Å²) in [5.74, 6) is -2.94. The number of halogens is 6. The first-order chi connectivity index (χ1) is 17.7. The lowest BCUT2D eigenvalue weighted by molar-refractivity contribution is -0.382. The highest BCUT2D eigenvalue weighted by Gasteiger charge is 2.68. The van der Waals surface area contributed by atoms with Gasteiger partial charge in [0.25, 0.3) is 0 Å². The van der Waals surface area contributed by atoms with Crippen molar-refractivity contribution in [3.63, 3.8) is 0 Å². The topological polar surface area (TPSA) is 97.7 Å². The minimum atomic E-state index is -4.85. The van der Waals surface area contributed by atoms with Gasteiger partial charge in [0.05, 0.1) is 29.7 Å². The number of alkyl halides is 3. The van der Waals surface area contributed by atoms with Gasteiger partial charge in [-0.2, -0.15) is 18.3 Å². The SMILES string of the molecule is C=C(NCC1(C(F)(F)F)CC(C)(c2cc(F)ccc2O)O1)c1cnn(-c2ccc(F)cc2F)c1/N=C(/C)N. The monoisotopic (exact) mass is 539 g/mol. The average molecular weight is 539 g/mol. The maximum absolute atomic E-state index is 14.4. The van der Waals surface area contributed by atoms with Crippen molar-refractivity contribution in [2.24, 2.45) is 10.7 Å². The van der Waals surface area contributed by atoms with E-state index in [1.807, 2.05) is 0 Å². The third-order valence-electron chi connectivity index (χ3n) is 6.16. The molecule has 3 aromatic rings. The number of hydrogen-bond donors (Lipinski definition) is 3. The Morgan fingerprint density at radius 2 is 1.84 bits per heavy atom. The number of hydrogen-bond acceptors (Lipinski definition) is 5. The second-order valence-corrected chi connectivity index (χ2v) is 9.14. The molecule has 0 spiro atoms. The summed E-state index contributed by atoms with van der Waals surface area (Å²) in [6.07, 6.45) is -4.29. The quantitative estimate of drug-likeness (QED) is 0.218. The van der Waals surface area contributed by atoms with Crippen LogP contribution in [0.1, 0.15) is 31.4 Å². The number of ether oxygens (including phenoxy) is 1. The highest BCUT2D eigenvalue weighted by atomic mass is 19.4. The number of aromatic hydroxyl groups is 1. The first-order valence-electron chi connectivity index (χ1n) is 11.2. The number of nitrogens with one attached hydrogen (secondary N) is 1. The summed E-state index contributed by atoms with van der Waals surface area (Å²) in [4.78, 5) is 4.11. The van der Waals surface area contributed by atoms with Crippen molar-refractivity contribution < 1.29 is 36.2 Å². The fourth-order valence-electron chi connectivity index (χ4n) is 4.41. The molecule has 13 heteroatoms. The molecule has 4 N–H and O–H groups in total. The van der Waals surface area contributed by atoms with Crippen LogP contribution in [0.25, 0.3) is 11.4 Å². The van der Waals surface area contributed by atoms with Gasteiger partial charge in [-0.3, -0.25) is 0 Å². The summed E-state index contributed by atoms with van der Waals surface area (Å²) in [6, 6.07) is 5.70. The number of nitrogens with zero attached hydrogens (tertiary/aromatic N) is 3. The summed E-state index contributed by atoms with van der Waals surface area (Å²) in [7, 11) is 0. The number of amidine groups is 1. The standard InChI is InChI=1S/C25H23F6N5O2/c1-13(17-10-34-36(22(17)35-14(2)32)20-6-4-16(27)9-19(20)28)33-12-24(25(29,30)31)11-23(3,38-24)18-8-15(26)5-7-21(18)37/h4-10,33,37H,1,11-12H2,2-3H3,(H2,32,35). The van der Waals surface area contributed by atoms with Crippen LogP contribution in [-0.4, -0.2) is 39.0 Å². The summed E-state index contributed by atoms with van der Waals surface area (Å²) in [5, 5.41) is 16.7. The van der Waals surface area contributed by atoms with Crippen LogP contribution in [0.15, 0.2) is 54.2 Å². The highest BCUT2D eigenvalue weighted by Crippen LogP contribution is 2.56. The fourth-order valence-corrected chi connectivity index (χ4v) is 4.41. The molecule has 0 aliphatic carbocycles. The van der Waals surface area contributed by atoms with Crippen LogP contribution in [0.2, 0.25) is 0 Å². The molecule has 2 unspecified atom stereocenters. The van der Waals surface area contributed by atoms with Gasteiger partial charge in [0, 0.05) is 23.7 Å². The molecule has 1 aliphatic heterocycles. The number of aliphatic imine (C=N–C) groups is 1. The zero-order valence-electron chi connectivity index (χ0n) is 20.2. The van der Waals surface area contributed by atoms with E-state index in [2.05, 4.69) is 22.0 Å². The Bertz CT molecular complexity index is 1420. The summed E-state index contributed by atoms with van der Waals surface area (Å²) < 4.78 is 90.3. The van der Waals surface area contributed by atoms with Crippen LogP contribution < -0.4 is 11.1 Å². The molecule has 38 heavy (non-hydrogen) atoms. The number of rotatable bonds is 7. The van der Waals surface area contributed by atoms with Gasteiger partial charge in [-0.1, -0.05) is 6.58 Å². The van der Waals surface area contributed by atoms with E-state index in [4.69, 9.17) is 10.5 Å². The van der Waals surface area contributed by atoms with Crippen LogP contribution in [-0.2, 0) is 10.3 Å². The summed E-state index contributed by atoms with van der Waals surface area (Å²) >= 11 is 0. The van der Waals surface area contributed by atoms with Crippen molar-refractivity contribution in [1.82, 2.24) is 15.1 Å². The Morgan fingerprint density at radius 3 is 2.45 bits per heavy atom. The smallest absolute Gasteiger partial charge is 0.419 e. The molecular formula is C25H23F6N5O2. The molecule has 0 radical (unpaired) electrons. The van der Waals surface area contributed by atoms with Crippen LogP contribution in [0.3, 0.4) is 0 Å². The average Bonchev–Trinajstić information content (AvgIpc) is 3.19. The van der Waals surface area contributed by atoms with E-state index in [0.717, 1.165) is 35.0 Å². The number of phenols is 1. The van der Waals surface area contributed by atoms with Crippen LogP contribution in [0.5, 0.6) is 5.75 Å². The molecule has 2 heterocycles. The third kappa shape index (κ3) is 4.80. The van der Waals surface area contributed by atoms with E-state index in [1.165, 1.54) is 20.0 Å². The van der Waals surface area contributed by atoms with Crippen molar-refractivity contribution in [2.75, 3.05) is 6.54 Å². The van der Waals surface area contributed by atoms with E-state index in [1.54, 1.807) is 0 Å². The molecule has 4 rings (SSSR count). The van der Waals surface area contributed by atoms with E-state index in [9.17, 15) is 31.4 Å². The van der Waals surface area contributed by atoms with Gasteiger partial charge in [0.1, 0.15) is 23.1 Å². The van der Waals surface area contributed by atoms with Gasteiger partial charge in [-0.15, -0.1) is 0 Å². The Balaban J connectivity index is 1.61. The predicted molar refractivity (Wildman–Crippen MR) is 127 cm³/mol. The van der Waals surface area contributed by atoms with Gasteiger partial charge in [-0.25, -0.2) is 22.8 Å². The van der Waals surface area contributed by atoms with Gasteiger partial charge in [0.2, 0.25) is 0 Å². The number of aromatic nitrogens is 2. The van der Waals surface area contributed by atoms with Gasteiger partial charge >= 0.3 is 6.18 Å². The largest absolute Gasteiger partial charge is 0.508 e. The van der Waals surface area contributed by atoms with Crippen LogP contribution in [0.4, 0.5) is 32.2 Å². The maximum Gasteiger partial charge on any atom is 0.419 e. The highest BCUT2D eigenvalue weighted by molar-refractivity contribution is 5.83. The lowest BCUT2D eigenvalue weighted by Crippen LogP contribution is -2.67. The molecule has 1 fully saturated rings. The molecule has 2 atom stereocenters. The molecule has 7 nitrogen and oxygen atoms in total. The Hall–Kier alpha value is -4.00. The van der Waals surface area contributed by atoms with Gasteiger partial charge < -0.3 is 20.9 Å². The second-order valence-electron chi connectivity index (χ2n) is 9.14. The minimum absolute atomic E-state index is 0.0306. The molecule has 1 aliphatic rings. The first-order valence-corrected chi connectivity index (χ1v) is 11.2. The second kappa shape index (κ2) is 9.39. The molecule has 1 saturated heterocycles. The normalized spacial score (nSPS) is 21.7. The Kier molecular flexibility index (Phi) is 6.68. The number of phenolic OH excluding ortho intramolecular Hbond substituents is 1. The fraction of sp³-hybridized carbons (Fsp3) is 0.280. The zero-order valence-corrected chi connectivity index (χ0v) is 20.2. The molecule has 2 aromatic carbocycles. The van der Waals surface area contributed by atoms with Crippen molar-refractivity contribution in [1.29, 1.82) is 0 Å². The van der Waals surface area contributed by atoms with E-state index < -0.39 is 53.5 Å². The van der Waals surface area contributed by atoms with Crippen molar-refractivity contribution in [2.45, 2.75) is 37.6 Å². The minimum Gasteiger partial charge on any atom is -0.508 e. The zero-order chi connectivity index (χ0) is 28.0. The maximum atomic E-state index is 14.4. The van der Waals surface area contributed by atoms with Crippen molar-refractivity contribution >= 4 is 17.4 Å². The first kappa shape index (κ1) is 27.0. The predicted octanol–water partition coefficient (Wildman–Crippen LogP) is 5.20. The van der Waals surface area contributed by atoms with Crippen LogP contribution in [0, 0.1) is 17.5 Å². The molecule has 0 bridgehead atoms. The van der Waals surface area contributed by atoms with Gasteiger partial charge in [-0.05, 0) is 44.2 Å². The van der Waals surface area contributed by atoms with E-state index in [0.29, 0.717) is 6.07 Å². The summed E-state index contributed by atoms with van der Waals surface area (Å²) in [6.45, 7) is 5.71. The number of nitrogens with two attached hydrogens (primary N) is 1. The molecule has 1 aromatic heterocycles. The molecular weight excluding hydrogens is 516 g/mol. The molecule has 0 amide bonds. The van der Waals surface area contributed by atoms with Crippen LogP contribution >= 0.6 is 0 Å². The Morgan fingerprint density at radius 1 is 1.21 bits per heavy atom. The third-order valence-corrected chi connectivity index (χ3v) is 6.16. The lowest BCUT2D eigenvalue weighted by Gasteiger charge is -2.55.